The molecule has 20 heavy (non-hydrogen) atoms. The lowest BCUT2D eigenvalue weighted by atomic mass is 10.1. The standard InChI is InChI=1S/C16H15N3S/c1-11-2-4-12(5-3-11)15(10-17)16(19)20-14-8-6-13(18)7-9-14/h2-9H,18-19H2,1H3/b16-15-. The van der Waals surface area contributed by atoms with Crippen LogP contribution in [0.5, 0.6) is 0 Å². The number of benzene rings is 2. The minimum atomic E-state index is 0.487. The van der Waals surface area contributed by atoms with E-state index < -0.39 is 0 Å². The number of anilines is 1. The molecule has 4 N–H and O–H groups in total. The molecule has 0 saturated heterocycles. The molecule has 2 rings (SSSR count). The van der Waals surface area contributed by atoms with Crippen molar-refractivity contribution in [3.05, 3.63) is 64.7 Å². The van der Waals surface area contributed by atoms with Crippen molar-refractivity contribution in [2.24, 2.45) is 5.73 Å². The fourth-order valence-electron chi connectivity index (χ4n) is 1.70. The van der Waals surface area contributed by atoms with Crippen LogP contribution < -0.4 is 11.5 Å². The molecule has 2 aromatic rings. The van der Waals surface area contributed by atoms with Gasteiger partial charge in [-0.15, -0.1) is 0 Å². The van der Waals surface area contributed by atoms with Crippen molar-refractivity contribution in [2.75, 3.05) is 5.73 Å². The van der Waals surface area contributed by atoms with Crippen LogP contribution in [0.4, 0.5) is 5.69 Å². The third-order valence-corrected chi connectivity index (χ3v) is 3.74. The van der Waals surface area contributed by atoms with Crippen LogP contribution in [0.3, 0.4) is 0 Å². The number of hydrogen-bond donors (Lipinski definition) is 2. The number of rotatable bonds is 3. The normalized spacial score (nSPS) is 11.6. The molecule has 0 amide bonds. The summed E-state index contributed by atoms with van der Waals surface area (Å²) in [6.07, 6.45) is 0. The molecular weight excluding hydrogens is 266 g/mol. The van der Waals surface area contributed by atoms with E-state index in [2.05, 4.69) is 6.07 Å². The summed E-state index contributed by atoms with van der Waals surface area (Å²) in [4.78, 5) is 0.955. The summed E-state index contributed by atoms with van der Waals surface area (Å²) in [5, 5.41) is 9.81. The summed E-state index contributed by atoms with van der Waals surface area (Å²) in [6, 6.07) is 17.3. The Morgan fingerprint density at radius 1 is 1.05 bits per heavy atom. The molecular formula is C16H15N3S. The number of hydrogen-bond acceptors (Lipinski definition) is 4. The summed E-state index contributed by atoms with van der Waals surface area (Å²) in [6.45, 7) is 2.01. The Hall–Kier alpha value is -2.38. The molecule has 4 heteroatoms. The SMILES string of the molecule is Cc1ccc(/C(C#N)=C(/N)Sc2ccc(N)cc2)cc1. The van der Waals surface area contributed by atoms with Gasteiger partial charge >= 0.3 is 0 Å². The van der Waals surface area contributed by atoms with Gasteiger partial charge in [0.15, 0.2) is 0 Å². The average molecular weight is 281 g/mol. The number of nitrogens with two attached hydrogens (primary N) is 2. The highest BCUT2D eigenvalue weighted by atomic mass is 32.2. The van der Waals surface area contributed by atoms with Crippen LogP contribution in [0, 0.1) is 18.3 Å². The average Bonchev–Trinajstić information content (AvgIpc) is 2.44. The van der Waals surface area contributed by atoms with Crippen LogP contribution in [0.1, 0.15) is 11.1 Å². The molecule has 3 nitrogen and oxygen atoms in total. The molecule has 0 bridgehead atoms. The lowest BCUT2D eigenvalue weighted by molar-refractivity contribution is 1.42. The molecule has 0 aliphatic heterocycles. The topological polar surface area (TPSA) is 75.8 Å². The van der Waals surface area contributed by atoms with E-state index in [0.29, 0.717) is 16.3 Å². The van der Waals surface area contributed by atoms with Gasteiger partial charge in [0.05, 0.1) is 10.6 Å². The molecule has 0 aliphatic carbocycles. The predicted octanol–water partition coefficient (Wildman–Crippen LogP) is 3.52. The first-order chi connectivity index (χ1) is 9.60. The van der Waals surface area contributed by atoms with E-state index >= 15 is 0 Å². The number of allylic oxidation sites excluding steroid dienone is 1. The number of thioether (sulfide) groups is 1. The fraction of sp³-hybridized carbons (Fsp3) is 0.0625. The second kappa shape index (κ2) is 6.18. The Morgan fingerprint density at radius 2 is 1.65 bits per heavy atom. The zero-order valence-corrected chi connectivity index (χ0v) is 11.9. The van der Waals surface area contributed by atoms with Crippen molar-refractivity contribution in [2.45, 2.75) is 11.8 Å². The van der Waals surface area contributed by atoms with Gasteiger partial charge in [0, 0.05) is 10.6 Å². The smallest absolute Gasteiger partial charge is 0.103 e. The first-order valence-corrected chi connectivity index (χ1v) is 6.92. The zero-order valence-electron chi connectivity index (χ0n) is 11.1. The van der Waals surface area contributed by atoms with Crippen LogP contribution in [0.15, 0.2) is 58.5 Å². The maximum absolute atomic E-state index is 9.32. The Kier molecular flexibility index (Phi) is 4.34. The van der Waals surface area contributed by atoms with Crippen molar-refractivity contribution >= 4 is 23.0 Å². The van der Waals surface area contributed by atoms with Crippen LogP contribution in [0.25, 0.3) is 5.57 Å². The Morgan fingerprint density at radius 3 is 2.20 bits per heavy atom. The summed E-state index contributed by atoms with van der Waals surface area (Å²) in [5.41, 5.74) is 14.9. The lowest BCUT2D eigenvalue weighted by Gasteiger charge is -2.06. The molecule has 0 fully saturated rings. The van der Waals surface area contributed by atoms with Crippen molar-refractivity contribution in [3.63, 3.8) is 0 Å². The lowest BCUT2D eigenvalue weighted by Crippen LogP contribution is -1.97. The van der Waals surface area contributed by atoms with Crippen LogP contribution in [0.2, 0.25) is 0 Å². The Bertz CT molecular complexity index is 664. The van der Waals surface area contributed by atoms with Gasteiger partial charge in [-0.1, -0.05) is 41.6 Å². The van der Waals surface area contributed by atoms with E-state index in [9.17, 15) is 5.26 Å². The van der Waals surface area contributed by atoms with Gasteiger partial charge in [0.2, 0.25) is 0 Å². The highest BCUT2D eigenvalue weighted by molar-refractivity contribution is 8.03. The Labute approximate surface area is 122 Å². The summed E-state index contributed by atoms with van der Waals surface area (Å²) in [7, 11) is 0. The van der Waals surface area contributed by atoms with Gasteiger partial charge in [0.25, 0.3) is 0 Å². The Balaban J connectivity index is 2.30. The highest BCUT2D eigenvalue weighted by Gasteiger charge is 2.08. The molecule has 0 saturated carbocycles. The number of nitrogens with zero attached hydrogens (tertiary/aromatic N) is 1. The van der Waals surface area contributed by atoms with Crippen LogP contribution >= 0.6 is 11.8 Å². The quantitative estimate of drug-likeness (QED) is 0.513. The second-order valence-corrected chi connectivity index (χ2v) is 5.50. The van der Waals surface area contributed by atoms with Crippen molar-refractivity contribution in [3.8, 4) is 6.07 Å². The molecule has 0 heterocycles. The summed E-state index contributed by atoms with van der Waals surface area (Å²) >= 11 is 1.36. The van der Waals surface area contributed by atoms with E-state index in [4.69, 9.17) is 11.5 Å². The molecule has 2 aromatic carbocycles. The summed E-state index contributed by atoms with van der Waals surface area (Å²) in [5.74, 6) is 0. The van der Waals surface area contributed by atoms with E-state index in [1.807, 2.05) is 55.5 Å². The van der Waals surface area contributed by atoms with E-state index in [-0.39, 0.29) is 0 Å². The molecule has 0 aromatic heterocycles. The van der Waals surface area contributed by atoms with Crippen LogP contribution in [-0.2, 0) is 0 Å². The molecule has 100 valence electrons. The predicted molar refractivity (Wildman–Crippen MR) is 84.6 cm³/mol. The van der Waals surface area contributed by atoms with Gasteiger partial charge in [-0.05, 0) is 36.8 Å². The minimum absolute atomic E-state index is 0.487. The van der Waals surface area contributed by atoms with Crippen molar-refractivity contribution in [1.29, 1.82) is 5.26 Å². The molecule has 0 aliphatic rings. The molecule has 0 radical (unpaired) electrons. The van der Waals surface area contributed by atoms with Crippen LogP contribution in [-0.4, -0.2) is 0 Å². The first-order valence-electron chi connectivity index (χ1n) is 6.10. The van der Waals surface area contributed by atoms with E-state index in [1.54, 1.807) is 0 Å². The fourth-order valence-corrected chi connectivity index (χ4v) is 2.49. The third kappa shape index (κ3) is 3.34. The van der Waals surface area contributed by atoms with Gasteiger partial charge in [-0.25, -0.2) is 0 Å². The second-order valence-electron chi connectivity index (χ2n) is 4.39. The number of aryl methyl sites for hydroxylation is 1. The zero-order chi connectivity index (χ0) is 14.5. The van der Waals surface area contributed by atoms with E-state index in [1.165, 1.54) is 11.8 Å². The third-order valence-electron chi connectivity index (χ3n) is 2.81. The summed E-state index contributed by atoms with van der Waals surface area (Å²) < 4.78 is 0. The van der Waals surface area contributed by atoms with Gasteiger partial charge < -0.3 is 11.5 Å². The number of nitriles is 1. The molecule has 0 unspecified atom stereocenters. The van der Waals surface area contributed by atoms with E-state index in [0.717, 1.165) is 16.0 Å². The maximum Gasteiger partial charge on any atom is 0.103 e. The van der Waals surface area contributed by atoms with Crippen molar-refractivity contribution in [1.82, 2.24) is 0 Å². The largest absolute Gasteiger partial charge is 0.399 e. The monoisotopic (exact) mass is 281 g/mol. The van der Waals surface area contributed by atoms with Crippen molar-refractivity contribution < 1.29 is 0 Å². The molecule has 0 spiro atoms. The molecule has 0 atom stereocenters. The van der Waals surface area contributed by atoms with Gasteiger partial charge in [-0.3, -0.25) is 0 Å². The number of nitrogen functional groups attached to an aromatic ring is 1. The first kappa shape index (κ1) is 14.0. The van der Waals surface area contributed by atoms with Gasteiger partial charge in [-0.2, -0.15) is 5.26 Å². The minimum Gasteiger partial charge on any atom is -0.399 e. The van der Waals surface area contributed by atoms with Gasteiger partial charge in [0.1, 0.15) is 6.07 Å². The maximum atomic E-state index is 9.32. The highest BCUT2D eigenvalue weighted by Crippen LogP contribution is 2.29.